The van der Waals surface area contributed by atoms with Crippen molar-refractivity contribution in [3.8, 4) is 5.75 Å². The van der Waals surface area contributed by atoms with Gasteiger partial charge in [-0.2, -0.15) is 0 Å². The highest BCUT2D eigenvalue weighted by molar-refractivity contribution is 5.80. The molecular formula is C16H24N2O2. The summed E-state index contributed by atoms with van der Waals surface area (Å²) in [6.45, 7) is 4.23. The van der Waals surface area contributed by atoms with Crippen molar-refractivity contribution in [2.24, 2.45) is 5.73 Å². The molecule has 3 N–H and O–H groups in total. The smallest absolute Gasteiger partial charge is 0.238 e. The number of hydrogen-bond acceptors (Lipinski definition) is 3. The second-order valence-electron chi connectivity index (χ2n) is 5.72. The van der Waals surface area contributed by atoms with Gasteiger partial charge in [0.05, 0.1) is 0 Å². The summed E-state index contributed by atoms with van der Waals surface area (Å²) in [7, 11) is 0. The lowest BCUT2D eigenvalue weighted by Gasteiger charge is -2.20. The topological polar surface area (TPSA) is 64.3 Å². The van der Waals surface area contributed by atoms with Crippen LogP contribution < -0.4 is 15.8 Å². The summed E-state index contributed by atoms with van der Waals surface area (Å²) in [5.74, 6) is 0.444. The Morgan fingerprint density at radius 2 is 2.00 bits per heavy atom. The van der Waals surface area contributed by atoms with E-state index in [4.69, 9.17) is 10.5 Å². The van der Waals surface area contributed by atoms with Crippen LogP contribution in [0.15, 0.2) is 18.2 Å². The minimum atomic E-state index is -0.453. The van der Waals surface area contributed by atoms with Crippen molar-refractivity contribution in [3.05, 3.63) is 29.3 Å². The number of nitrogens with two attached hydrogens (primary N) is 1. The van der Waals surface area contributed by atoms with E-state index >= 15 is 0 Å². The first-order chi connectivity index (χ1) is 9.56. The molecule has 1 aliphatic carbocycles. The molecule has 0 bridgehead atoms. The Morgan fingerprint density at radius 1 is 1.30 bits per heavy atom. The molecule has 0 spiro atoms. The van der Waals surface area contributed by atoms with E-state index in [-0.39, 0.29) is 18.6 Å². The van der Waals surface area contributed by atoms with E-state index in [9.17, 15) is 4.79 Å². The van der Waals surface area contributed by atoms with Crippen LogP contribution in [0.25, 0.3) is 0 Å². The summed E-state index contributed by atoms with van der Waals surface area (Å²) in [6.07, 6.45) is 4.80. The number of primary amides is 1. The van der Waals surface area contributed by atoms with Crippen LogP contribution in [0.2, 0.25) is 0 Å². The first kappa shape index (κ1) is 14.9. The molecular weight excluding hydrogens is 252 g/mol. The average Bonchev–Trinajstić information content (AvgIpc) is 2.42. The highest BCUT2D eigenvalue weighted by Gasteiger charge is 2.17. The quantitative estimate of drug-likeness (QED) is 0.832. The highest BCUT2D eigenvalue weighted by Crippen LogP contribution is 2.25. The number of fused-ring (bicyclic) bond motifs is 1. The zero-order valence-electron chi connectivity index (χ0n) is 12.3. The molecule has 4 heteroatoms. The monoisotopic (exact) mass is 276 g/mol. The number of ether oxygens (including phenoxy) is 1. The zero-order valence-corrected chi connectivity index (χ0v) is 12.3. The molecule has 0 heterocycles. The molecule has 1 aromatic carbocycles. The number of nitrogens with one attached hydrogen (secondary N) is 1. The van der Waals surface area contributed by atoms with Crippen LogP contribution in [0.4, 0.5) is 0 Å². The van der Waals surface area contributed by atoms with Crippen LogP contribution in [0.3, 0.4) is 0 Å². The van der Waals surface area contributed by atoms with Crippen molar-refractivity contribution in [2.45, 2.75) is 51.6 Å². The van der Waals surface area contributed by atoms with Crippen LogP contribution in [-0.4, -0.2) is 24.6 Å². The van der Waals surface area contributed by atoms with Crippen LogP contribution in [0, 0.1) is 0 Å². The van der Waals surface area contributed by atoms with E-state index in [0.717, 1.165) is 18.6 Å². The molecule has 0 saturated heterocycles. The van der Waals surface area contributed by atoms with E-state index in [1.807, 2.05) is 19.9 Å². The molecule has 20 heavy (non-hydrogen) atoms. The van der Waals surface area contributed by atoms with Crippen molar-refractivity contribution in [1.82, 2.24) is 5.32 Å². The van der Waals surface area contributed by atoms with Crippen LogP contribution in [0.5, 0.6) is 5.75 Å². The van der Waals surface area contributed by atoms with E-state index in [1.54, 1.807) is 0 Å². The molecule has 0 aliphatic heterocycles. The van der Waals surface area contributed by atoms with E-state index in [2.05, 4.69) is 17.4 Å². The predicted octanol–water partition coefficient (Wildman–Crippen LogP) is 1.80. The van der Waals surface area contributed by atoms with Crippen LogP contribution in [-0.2, 0) is 17.6 Å². The van der Waals surface area contributed by atoms with Crippen molar-refractivity contribution >= 4 is 5.91 Å². The van der Waals surface area contributed by atoms with Crippen molar-refractivity contribution in [1.29, 1.82) is 0 Å². The van der Waals surface area contributed by atoms with Gasteiger partial charge in [-0.15, -0.1) is 0 Å². The fraction of sp³-hybridized carbons (Fsp3) is 0.562. The Kier molecular flexibility index (Phi) is 5.01. The molecule has 0 saturated carbocycles. The van der Waals surface area contributed by atoms with Crippen molar-refractivity contribution in [3.63, 3.8) is 0 Å². The van der Waals surface area contributed by atoms with Gasteiger partial charge in [-0.05, 0) is 48.9 Å². The maximum absolute atomic E-state index is 11.4. The van der Waals surface area contributed by atoms with Gasteiger partial charge in [-0.25, -0.2) is 0 Å². The number of aryl methyl sites for hydroxylation is 2. The fourth-order valence-electron chi connectivity index (χ4n) is 2.59. The Hall–Kier alpha value is -1.55. The first-order valence-electron chi connectivity index (χ1n) is 7.36. The molecule has 0 fully saturated rings. The average molecular weight is 276 g/mol. The fourth-order valence-corrected chi connectivity index (χ4v) is 2.59. The van der Waals surface area contributed by atoms with Gasteiger partial charge in [-0.3, -0.25) is 4.79 Å². The van der Waals surface area contributed by atoms with Gasteiger partial charge in [0, 0.05) is 6.04 Å². The predicted molar refractivity (Wildman–Crippen MR) is 79.8 cm³/mol. The third-order valence-electron chi connectivity index (χ3n) is 3.61. The minimum absolute atomic E-state index is 0.194. The molecule has 110 valence electrons. The molecule has 1 aromatic rings. The van der Waals surface area contributed by atoms with E-state index in [0.29, 0.717) is 0 Å². The Morgan fingerprint density at radius 3 is 2.65 bits per heavy atom. The van der Waals surface area contributed by atoms with E-state index in [1.165, 1.54) is 24.0 Å². The van der Waals surface area contributed by atoms with Gasteiger partial charge in [0.25, 0.3) is 0 Å². The van der Waals surface area contributed by atoms with Crippen molar-refractivity contribution in [2.75, 3.05) is 6.61 Å². The summed E-state index contributed by atoms with van der Waals surface area (Å²) in [4.78, 5) is 11.4. The van der Waals surface area contributed by atoms with Gasteiger partial charge in [0.2, 0.25) is 5.91 Å². The number of carbonyl (C=O) groups excluding carboxylic acids is 1. The number of amides is 1. The summed E-state index contributed by atoms with van der Waals surface area (Å²) in [5.41, 5.74) is 8.18. The number of benzene rings is 1. The molecule has 1 atom stereocenters. The molecule has 1 aliphatic rings. The van der Waals surface area contributed by atoms with Crippen LogP contribution >= 0.6 is 0 Å². The summed E-state index contributed by atoms with van der Waals surface area (Å²) in [5, 5.41) is 3.11. The van der Waals surface area contributed by atoms with Crippen molar-refractivity contribution < 1.29 is 9.53 Å². The second-order valence-corrected chi connectivity index (χ2v) is 5.72. The molecule has 1 unspecified atom stereocenters. The molecule has 4 nitrogen and oxygen atoms in total. The Balaban J connectivity index is 1.97. The number of hydrogen-bond donors (Lipinski definition) is 2. The number of rotatable bonds is 6. The van der Waals surface area contributed by atoms with Gasteiger partial charge < -0.3 is 15.8 Å². The number of carbonyl (C=O) groups is 1. The Bertz CT molecular complexity index is 472. The van der Waals surface area contributed by atoms with Gasteiger partial charge in [0.1, 0.15) is 18.4 Å². The summed E-state index contributed by atoms with van der Waals surface area (Å²) in [6, 6.07) is 5.96. The van der Waals surface area contributed by atoms with Gasteiger partial charge in [-0.1, -0.05) is 19.9 Å². The second kappa shape index (κ2) is 6.75. The standard InChI is InChI=1S/C16H24N2O2/c1-11(2)18-15(16(17)19)10-20-14-8-7-12-5-3-4-6-13(12)9-14/h7-9,11,15,18H,3-6,10H2,1-2H3,(H2,17,19). The summed E-state index contributed by atoms with van der Waals surface area (Å²) < 4.78 is 5.73. The lowest BCUT2D eigenvalue weighted by Crippen LogP contribution is -2.48. The third-order valence-corrected chi connectivity index (χ3v) is 3.61. The van der Waals surface area contributed by atoms with Gasteiger partial charge >= 0.3 is 0 Å². The zero-order chi connectivity index (χ0) is 14.5. The van der Waals surface area contributed by atoms with E-state index < -0.39 is 6.04 Å². The molecule has 1 amide bonds. The van der Waals surface area contributed by atoms with Gasteiger partial charge in [0.15, 0.2) is 0 Å². The Labute approximate surface area is 120 Å². The maximum Gasteiger partial charge on any atom is 0.238 e. The van der Waals surface area contributed by atoms with Crippen LogP contribution in [0.1, 0.15) is 37.8 Å². The largest absolute Gasteiger partial charge is 0.491 e. The third kappa shape index (κ3) is 3.97. The highest BCUT2D eigenvalue weighted by atomic mass is 16.5. The maximum atomic E-state index is 11.4. The lowest BCUT2D eigenvalue weighted by molar-refractivity contribution is -0.120. The SMILES string of the molecule is CC(C)NC(COc1ccc2c(c1)CCCC2)C(N)=O. The molecule has 2 rings (SSSR count). The normalized spacial score (nSPS) is 15.8. The molecule has 0 aromatic heterocycles. The first-order valence-corrected chi connectivity index (χ1v) is 7.36. The molecule has 0 radical (unpaired) electrons. The lowest BCUT2D eigenvalue weighted by atomic mass is 9.92. The summed E-state index contributed by atoms with van der Waals surface area (Å²) >= 11 is 0. The minimum Gasteiger partial charge on any atom is -0.491 e.